The molecule has 0 aromatic carbocycles. The van der Waals surface area contributed by atoms with Crippen LogP contribution in [-0.2, 0) is 28.6 Å². The SMILES string of the molecule is CC/C=C\C/C=C\C/C=C\C/C=C\C/C=C\C/C=C\C/C=C\CCCCCCCCCCCCCC(=O)OCC(COC(=O)CCCCCCC/C=C\C/C=C\CCCCC)OC(=O)CCCCCCC/C=C\CCCCCCCCC. The highest BCUT2D eigenvalue weighted by atomic mass is 16.6. The molecule has 1 atom stereocenters. The predicted octanol–water partition coefficient (Wildman–Crippen LogP) is 23.9. The summed E-state index contributed by atoms with van der Waals surface area (Å²) in [5.41, 5.74) is 0. The van der Waals surface area contributed by atoms with E-state index in [1.54, 1.807) is 0 Å². The van der Waals surface area contributed by atoms with E-state index in [0.29, 0.717) is 19.3 Å². The molecule has 1 unspecified atom stereocenters. The van der Waals surface area contributed by atoms with Crippen LogP contribution in [0.15, 0.2) is 122 Å². The minimum absolute atomic E-state index is 0.0875. The molecule has 0 bridgehead atoms. The van der Waals surface area contributed by atoms with Gasteiger partial charge in [0.2, 0.25) is 0 Å². The maximum Gasteiger partial charge on any atom is 0.306 e. The van der Waals surface area contributed by atoms with Gasteiger partial charge in [0.15, 0.2) is 6.10 Å². The van der Waals surface area contributed by atoms with Gasteiger partial charge >= 0.3 is 17.9 Å². The summed E-state index contributed by atoms with van der Waals surface area (Å²) >= 11 is 0. The Labute approximate surface area is 507 Å². The van der Waals surface area contributed by atoms with Crippen LogP contribution in [0.25, 0.3) is 0 Å². The zero-order valence-corrected chi connectivity index (χ0v) is 53.7. The lowest BCUT2D eigenvalue weighted by Gasteiger charge is -2.18. The fraction of sp³-hybridized carbons (Fsp3) is 0.697. The second-order valence-corrected chi connectivity index (χ2v) is 22.7. The molecule has 6 heteroatoms. The fourth-order valence-corrected chi connectivity index (χ4v) is 9.51. The van der Waals surface area contributed by atoms with Crippen LogP contribution in [-0.4, -0.2) is 37.2 Å². The minimum Gasteiger partial charge on any atom is -0.462 e. The summed E-state index contributed by atoms with van der Waals surface area (Å²) in [6.45, 7) is 6.50. The Morgan fingerprint density at radius 3 is 0.780 bits per heavy atom. The molecule has 0 aliphatic heterocycles. The summed E-state index contributed by atoms with van der Waals surface area (Å²) in [6, 6.07) is 0. The first-order valence-corrected chi connectivity index (χ1v) is 34.5. The summed E-state index contributed by atoms with van der Waals surface area (Å²) in [5, 5.41) is 0. The lowest BCUT2D eigenvalue weighted by Crippen LogP contribution is -2.30. The maximum absolute atomic E-state index is 12.9. The number of hydrogen-bond acceptors (Lipinski definition) is 6. The Bertz CT molecular complexity index is 1690. The average Bonchev–Trinajstić information content (AvgIpc) is 3.47. The number of ether oxygens (including phenoxy) is 3. The molecule has 82 heavy (non-hydrogen) atoms. The summed E-state index contributed by atoms with van der Waals surface area (Å²) in [7, 11) is 0. The van der Waals surface area contributed by atoms with E-state index in [0.717, 1.165) is 141 Å². The van der Waals surface area contributed by atoms with Crippen molar-refractivity contribution < 1.29 is 28.6 Å². The summed E-state index contributed by atoms with van der Waals surface area (Å²) in [5.74, 6) is -0.904. The molecule has 0 heterocycles. The lowest BCUT2D eigenvalue weighted by atomic mass is 10.0. The van der Waals surface area contributed by atoms with E-state index < -0.39 is 6.10 Å². The molecule has 0 N–H and O–H groups in total. The first-order chi connectivity index (χ1) is 40.5. The number of hydrogen-bond donors (Lipinski definition) is 0. The van der Waals surface area contributed by atoms with Crippen molar-refractivity contribution in [2.75, 3.05) is 13.2 Å². The van der Waals surface area contributed by atoms with E-state index in [9.17, 15) is 14.4 Å². The van der Waals surface area contributed by atoms with Crippen molar-refractivity contribution in [3.05, 3.63) is 122 Å². The normalized spacial score (nSPS) is 12.9. The van der Waals surface area contributed by atoms with Crippen molar-refractivity contribution in [2.24, 2.45) is 0 Å². The first-order valence-electron chi connectivity index (χ1n) is 34.5. The van der Waals surface area contributed by atoms with E-state index in [2.05, 4.69) is 142 Å². The molecule has 0 aliphatic carbocycles. The second kappa shape index (κ2) is 69.3. The van der Waals surface area contributed by atoms with Gasteiger partial charge in [-0.25, -0.2) is 0 Å². The standard InChI is InChI=1S/C76H128O6/c1-4-7-10-13-16-19-22-25-28-30-31-32-33-34-35-36-37-38-39-40-41-42-43-44-45-46-49-51-54-57-60-63-66-69-75(78)81-72-73(71-80-74(77)68-65-62-59-56-53-50-47-27-24-21-18-15-12-9-6-3)82-76(79)70-67-64-61-58-55-52-48-29-26-23-20-17-14-11-8-5-2/h7,10,16,18-19,21,25,27-29,31-32,34-35,37-38,40-41,47-48,73H,4-6,8-9,11-15,17,20,22-24,26,30,33,36,39,42-46,49-72H2,1-3H3/b10-7-,19-16-,21-18-,28-25-,32-31-,35-34-,38-37-,41-40-,47-27-,48-29-. The van der Waals surface area contributed by atoms with Crippen LogP contribution in [0.4, 0.5) is 0 Å². The van der Waals surface area contributed by atoms with Crippen LogP contribution in [0.2, 0.25) is 0 Å². The Kier molecular flexibility index (Phi) is 65.8. The van der Waals surface area contributed by atoms with Gasteiger partial charge in [0.1, 0.15) is 13.2 Å². The number of rotatable bonds is 62. The van der Waals surface area contributed by atoms with E-state index >= 15 is 0 Å². The fourth-order valence-electron chi connectivity index (χ4n) is 9.51. The van der Waals surface area contributed by atoms with E-state index in [1.165, 1.54) is 141 Å². The van der Waals surface area contributed by atoms with Gasteiger partial charge in [0.25, 0.3) is 0 Å². The van der Waals surface area contributed by atoms with Gasteiger partial charge in [0, 0.05) is 19.3 Å². The number of carbonyl (C=O) groups is 3. The molecule has 0 aromatic rings. The molecule has 0 rings (SSSR count). The predicted molar refractivity (Wildman–Crippen MR) is 357 cm³/mol. The number of esters is 3. The highest BCUT2D eigenvalue weighted by molar-refractivity contribution is 5.71. The van der Waals surface area contributed by atoms with Gasteiger partial charge in [-0.05, 0) is 135 Å². The Morgan fingerprint density at radius 2 is 0.476 bits per heavy atom. The molecule has 468 valence electrons. The summed E-state index contributed by atoms with van der Waals surface area (Å²) in [6.07, 6.45) is 96.4. The van der Waals surface area contributed by atoms with Crippen LogP contribution < -0.4 is 0 Å². The van der Waals surface area contributed by atoms with Gasteiger partial charge < -0.3 is 14.2 Å². The highest BCUT2D eigenvalue weighted by Gasteiger charge is 2.19. The van der Waals surface area contributed by atoms with Gasteiger partial charge in [0.05, 0.1) is 0 Å². The van der Waals surface area contributed by atoms with Gasteiger partial charge in [-0.2, -0.15) is 0 Å². The van der Waals surface area contributed by atoms with E-state index in [1.807, 2.05) is 0 Å². The van der Waals surface area contributed by atoms with Gasteiger partial charge in [-0.1, -0.05) is 290 Å². The molecule has 0 saturated heterocycles. The van der Waals surface area contributed by atoms with Crippen molar-refractivity contribution in [1.29, 1.82) is 0 Å². The third kappa shape index (κ3) is 66.6. The zero-order valence-electron chi connectivity index (χ0n) is 53.7. The topological polar surface area (TPSA) is 78.9 Å². The average molecular weight is 1140 g/mol. The second-order valence-electron chi connectivity index (χ2n) is 22.7. The highest BCUT2D eigenvalue weighted by Crippen LogP contribution is 2.16. The van der Waals surface area contributed by atoms with Gasteiger partial charge in [-0.3, -0.25) is 14.4 Å². The molecule has 0 saturated carbocycles. The third-order valence-corrected chi connectivity index (χ3v) is 14.7. The number of unbranched alkanes of at least 4 members (excludes halogenated alkanes) is 31. The Balaban J connectivity index is 4.27. The molecule has 0 amide bonds. The summed E-state index contributed by atoms with van der Waals surface area (Å²) in [4.78, 5) is 38.4. The molecule has 0 radical (unpaired) electrons. The molecule has 6 nitrogen and oxygen atoms in total. The molecular weight excluding hydrogens is 1010 g/mol. The number of allylic oxidation sites excluding steroid dienone is 20. The van der Waals surface area contributed by atoms with Crippen LogP contribution in [0, 0.1) is 0 Å². The summed E-state index contributed by atoms with van der Waals surface area (Å²) < 4.78 is 16.9. The molecular formula is C76H128O6. The molecule has 0 fully saturated rings. The zero-order chi connectivity index (χ0) is 59.2. The van der Waals surface area contributed by atoms with Crippen LogP contribution in [0.5, 0.6) is 0 Å². The van der Waals surface area contributed by atoms with Crippen LogP contribution >= 0.6 is 0 Å². The van der Waals surface area contributed by atoms with Crippen molar-refractivity contribution in [3.8, 4) is 0 Å². The van der Waals surface area contributed by atoms with Crippen molar-refractivity contribution in [2.45, 2.75) is 329 Å². The van der Waals surface area contributed by atoms with Crippen molar-refractivity contribution >= 4 is 17.9 Å². The van der Waals surface area contributed by atoms with Crippen molar-refractivity contribution in [1.82, 2.24) is 0 Å². The van der Waals surface area contributed by atoms with Crippen molar-refractivity contribution in [3.63, 3.8) is 0 Å². The maximum atomic E-state index is 12.9. The van der Waals surface area contributed by atoms with Crippen LogP contribution in [0.1, 0.15) is 323 Å². The largest absolute Gasteiger partial charge is 0.462 e. The van der Waals surface area contributed by atoms with E-state index in [-0.39, 0.29) is 31.1 Å². The minimum atomic E-state index is -0.792. The molecule has 0 spiro atoms. The van der Waals surface area contributed by atoms with Gasteiger partial charge in [-0.15, -0.1) is 0 Å². The first kappa shape index (κ1) is 77.8. The van der Waals surface area contributed by atoms with Crippen LogP contribution in [0.3, 0.4) is 0 Å². The smallest absolute Gasteiger partial charge is 0.306 e. The molecule has 0 aliphatic rings. The lowest BCUT2D eigenvalue weighted by molar-refractivity contribution is -0.167. The Hall–Kier alpha value is -4.19. The monoisotopic (exact) mass is 1140 g/mol. The number of carbonyl (C=O) groups excluding carboxylic acids is 3. The molecule has 0 aromatic heterocycles. The Morgan fingerprint density at radius 1 is 0.256 bits per heavy atom. The third-order valence-electron chi connectivity index (χ3n) is 14.7. The van der Waals surface area contributed by atoms with E-state index in [4.69, 9.17) is 14.2 Å². The quantitative estimate of drug-likeness (QED) is 0.0261.